The molecule has 0 saturated carbocycles. The maximum absolute atomic E-state index is 13.3. The first-order valence-electron chi connectivity index (χ1n) is 4.32. The lowest BCUT2D eigenvalue weighted by molar-refractivity contribution is -0.113. The van der Waals surface area contributed by atoms with Gasteiger partial charge in [0.2, 0.25) is 5.91 Å². The van der Waals surface area contributed by atoms with E-state index in [9.17, 15) is 14.3 Å². The summed E-state index contributed by atoms with van der Waals surface area (Å²) in [6.07, 6.45) is -1.81. The number of nitrogens with one attached hydrogen (secondary N) is 1. The third-order valence-electron chi connectivity index (χ3n) is 1.97. The van der Waals surface area contributed by atoms with E-state index in [4.69, 9.17) is 10.5 Å². The highest BCUT2D eigenvalue weighted by Crippen LogP contribution is 2.23. The van der Waals surface area contributed by atoms with E-state index in [-0.39, 0.29) is 0 Å². The van der Waals surface area contributed by atoms with Crippen molar-refractivity contribution in [1.29, 1.82) is 0 Å². The maximum atomic E-state index is 13.3. The number of aliphatic hydroxyl groups excluding tert-OH is 1. The molecule has 1 saturated heterocycles. The van der Waals surface area contributed by atoms with Gasteiger partial charge in [0.1, 0.15) is 12.2 Å². The molecule has 4 atom stereocenters. The molecule has 1 heterocycles. The van der Waals surface area contributed by atoms with E-state index in [0.717, 1.165) is 6.08 Å². The van der Waals surface area contributed by atoms with Gasteiger partial charge in [0.25, 0.3) is 0 Å². The Morgan fingerprint density at radius 3 is 2.87 bits per heavy atom. The minimum Gasteiger partial charge on any atom is -0.385 e. The van der Waals surface area contributed by atoms with Gasteiger partial charge in [0, 0.05) is 16.7 Å². The molecule has 0 aromatic rings. The van der Waals surface area contributed by atoms with Crippen molar-refractivity contribution < 1.29 is 19.0 Å². The Hall–Kier alpha value is -0.410. The molecule has 0 aromatic heterocycles. The Bertz CT molecular complexity index is 264. The fourth-order valence-electron chi connectivity index (χ4n) is 1.22. The van der Waals surface area contributed by atoms with Gasteiger partial charge in [-0.15, -0.1) is 0 Å². The van der Waals surface area contributed by atoms with Crippen LogP contribution in [0.25, 0.3) is 0 Å². The number of alkyl halides is 2. The lowest BCUT2D eigenvalue weighted by atomic mass is 10.2. The zero-order chi connectivity index (χ0) is 11.4. The van der Waals surface area contributed by atoms with Crippen molar-refractivity contribution in [3.8, 4) is 0 Å². The number of amides is 1. The van der Waals surface area contributed by atoms with Crippen LogP contribution in [0.4, 0.5) is 4.39 Å². The number of rotatable bonds is 4. The summed E-state index contributed by atoms with van der Waals surface area (Å²) in [6.45, 7) is 0. The quantitative estimate of drug-likeness (QED) is 0.366. The Morgan fingerprint density at radius 2 is 2.40 bits per heavy atom. The van der Waals surface area contributed by atoms with Crippen LogP contribution in [-0.4, -0.2) is 40.0 Å². The summed E-state index contributed by atoms with van der Waals surface area (Å²) in [4.78, 5) is 10.4. The van der Waals surface area contributed by atoms with Crippen molar-refractivity contribution >= 4 is 28.5 Å². The molecule has 0 radical (unpaired) electrons. The summed E-state index contributed by atoms with van der Waals surface area (Å²) < 4.78 is 18.9. The fourth-order valence-corrected chi connectivity index (χ4v) is 1.91. The van der Waals surface area contributed by atoms with E-state index in [2.05, 4.69) is 5.32 Å². The number of primary amides is 1. The number of hydrogen-bond acceptors (Lipinski definition) is 4. The van der Waals surface area contributed by atoms with Crippen LogP contribution < -0.4 is 11.1 Å². The van der Waals surface area contributed by atoms with E-state index in [0.29, 0.717) is 4.43 Å². The van der Waals surface area contributed by atoms with Crippen LogP contribution in [0, 0.1) is 0 Å². The van der Waals surface area contributed by atoms with E-state index in [1.165, 1.54) is 6.20 Å². The van der Waals surface area contributed by atoms with Crippen molar-refractivity contribution in [2.75, 3.05) is 4.43 Å². The molecule has 1 unspecified atom stereocenters. The molecule has 5 nitrogen and oxygen atoms in total. The number of nitrogens with two attached hydrogens (primary N) is 1. The van der Waals surface area contributed by atoms with Gasteiger partial charge in [-0.25, -0.2) is 4.39 Å². The van der Waals surface area contributed by atoms with Crippen LogP contribution >= 0.6 is 22.6 Å². The molecule has 1 rings (SSSR count). The lowest BCUT2D eigenvalue weighted by Crippen LogP contribution is -2.37. The molecule has 86 valence electrons. The number of aliphatic hydroxyl groups is 1. The summed E-state index contributed by atoms with van der Waals surface area (Å²) in [5.74, 6) is -0.628. The van der Waals surface area contributed by atoms with E-state index in [1.807, 2.05) is 22.6 Å². The molecule has 1 aliphatic rings. The standard InChI is InChI=1S/C8H12FIN2O3/c9-6-4(3-10)15-8(7(6)14)12-2-1-5(11)13/h1-2,4,6-8,12,14H,3H2,(H2,11,13)/b2-1-/t4-,6-,7?,8-/m1/s1. The normalized spacial score (nSPS) is 35.9. The molecule has 7 heteroatoms. The number of hydrogen-bond donors (Lipinski definition) is 3. The van der Waals surface area contributed by atoms with Gasteiger partial charge in [-0.2, -0.15) is 0 Å². The molecular formula is C8H12FIN2O3. The van der Waals surface area contributed by atoms with Crippen LogP contribution in [0.15, 0.2) is 12.3 Å². The first kappa shape index (κ1) is 12.7. The Balaban J connectivity index is 2.47. The molecule has 0 aliphatic carbocycles. The highest BCUT2D eigenvalue weighted by molar-refractivity contribution is 14.1. The van der Waals surface area contributed by atoms with Gasteiger partial charge >= 0.3 is 0 Å². The van der Waals surface area contributed by atoms with Crippen molar-refractivity contribution in [3.05, 3.63) is 12.3 Å². The largest absolute Gasteiger partial charge is 0.385 e. The molecule has 1 amide bonds. The van der Waals surface area contributed by atoms with Crippen LogP contribution in [0.1, 0.15) is 0 Å². The summed E-state index contributed by atoms with van der Waals surface area (Å²) in [5.41, 5.74) is 4.85. The third kappa shape index (κ3) is 3.28. The minimum atomic E-state index is -1.42. The average molecular weight is 330 g/mol. The summed E-state index contributed by atoms with van der Waals surface area (Å²) in [6, 6.07) is 0. The van der Waals surface area contributed by atoms with E-state index >= 15 is 0 Å². The predicted molar refractivity (Wildman–Crippen MR) is 59.9 cm³/mol. The second-order valence-electron chi connectivity index (χ2n) is 3.09. The third-order valence-corrected chi connectivity index (χ3v) is 2.84. The van der Waals surface area contributed by atoms with Gasteiger partial charge in [-0.3, -0.25) is 4.79 Å². The second kappa shape index (κ2) is 5.61. The fraction of sp³-hybridized carbons (Fsp3) is 0.625. The SMILES string of the molecule is NC(=O)/C=C\N[C@@H]1O[C@H](CI)[C@@H](F)C1O. The molecule has 0 aromatic carbocycles. The topological polar surface area (TPSA) is 84.6 Å². The Labute approximate surface area is 100.0 Å². The zero-order valence-electron chi connectivity index (χ0n) is 7.77. The van der Waals surface area contributed by atoms with Gasteiger partial charge in [0.05, 0.1) is 0 Å². The number of carbonyl (C=O) groups is 1. The first-order chi connectivity index (χ1) is 7.06. The summed E-state index contributed by atoms with van der Waals surface area (Å²) >= 11 is 1.98. The van der Waals surface area contributed by atoms with Gasteiger partial charge in [-0.1, -0.05) is 22.6 Å². The molecule has 1 aliphatic heterocycles. The van der Waals surface area contributed by atoms with Crippen LogP contribution in [-0.2, 0) is 9.53 Å². The average Bonchev–Trinajstić information content (AvgIpc) is 2.45. The number of ether oxygens (including phenoxy) is 1. The van der Waals surface area contributed by atoms with Crippen molar-refractivity contribution in [3.63, 3.8) is 0 Å². The molecule has 0 spiro atoms. The van der Waals surface area contributed by atoms with Crippen molar-refractivity contribution in [2.45, 2.75) is 24.6 Å². The first-order valence-corrected chi connectivity index (χ1v) is 5.84. The molecular weight excluding hydrogens is 318 g/mol. The predicted octanol–water partition coefficient (Wildman–Crippen LogP) is -0.566. The monoisotopic (exact) mass is 330 g/mol. The lowest BCUT2D eigenvalue weighted by Gasteiger charge is -2.13. The highest BCUT2D eigenvalue weighted by Gasteiger charge is 2.43. The van der Waals surface area contributed by atoms with Crippen LogP contribution in [0.3, 0.4) is 0 Å². The molecule has 0 bridgehead atoms. The van der Waals surface area contributed by atoms with Gasteiger partial charge in [0.15, 0.2) is 12.4 Å². The Morgan fingerprint density at radius 1 is 1.73 bits per heavy atom. The second-order valence-corrected chi connectivity index (χ2v) is 3.97. The van der Waals surface area contributed by atoms with Gasteiger partial charge < -0.3 is 20.9 Å². The number of carbonyl (C=O) groups excluding carboxylic acids is 1. The molecule has 1 fully saturated rings. The Kier molecular flexibility index (Phi) is 4.74. The van der Waals surface area contributed by atoms with Crippen molar-refractivity contribution in [1.82, 2.24) is 5.32 Å². The number of halogens is 2. The van der Waals surface area contributed by atoms with Crippen LogP contribution in [0.5, 0.6) is 0 Å². The molecule has 15 heavy (non-hydrogen) atoms. The van der Waals surface area contributed by atoms with Crippen molar-refractivity contribution in [2.24, 2.45) is 5.73 Å². The smallest absolute Gasteiger partial charge is 0.242 e. The summed E-state index contributed by atoms with van der Waals surface area (Å²) in [7, 11) is 0. The minimum absolute atomic E-state index is 0.452. The van der Waals surface area contributed by atoms with E-state index < -0.39 is 30.5 Å². The molecule has 4 N–H and O–H groups in total. The highest BCUT2D eigenvalue weighted by atomic mass is 127. The van der Waals surface area contributed by atoms with Crippen LogP contribution in [0.2, 0.25) is 0 Å². The van der Waals surface area contributed by atoms with Gasteiger partial charge in [-0.05, 0) is 0 Å². The summed E-state index contributed by atoms with van der Waals surface area (Å²) in [5, 5.41) is 12.0. The van der Waals surface area contributed by atoms with E-state index in [1.54, 1.807) is 0 Å². The maximum Gasteiger partial charge on any atom is 0.242 e. The zero-order valence-corrected chi connectivity index (χ0v) is 9.93.